The molecule has 556 valence electrons. The van der Waals surface area contributed by atoms with Crippen LogP contribution >= 0.6 is 21.6 Å². The van der Waals surface area contributed by atoms with Crippen molar-refractivity contribution < 1.29 is 67.7 Å². The first-order chi connectivity index (χ1) is 45.0. The topological polar surface area (TPSA) is 316 Å². The van der Waals surface area contributed by atoms with E-state index in [9.17, 15) is 53.1 Å². The van der Waals surface area contributed by atoms with E-state index in [1.54, 1.807) is 54.5 Å². The first-order valence-electron chi connectivity index (χ1n) is 34.9. The minimum Gasteiger partial charge on any atom is -0.481 e. The van der Waals surface area contributed by atoms with E-state index in [2.05, 4.69) is 21.3 Å². The zero-order chi connectivity index (χ0) is 74.8. The van der Waals surface area contributed by atoms with Gasteiger partial charge in [0.15, 0.2) is 0 Å². The van der Waals surface area contributed by atoms with Gasteiger partial charge in [0.1, 0.15) is 60.4 Å². The molecule has 25 nitrogen and oxygen atoms in total. The van der Waals surface area contributed by atoms with E-state index in [0.29, 0.717) is 12.8 Å². The lowest BCUT2D eigenvalue weighted by molar-refractivity contribution is -0.157. The van der Waals surface area contributed by atoms with Gasteiger partial charge in [-0.1, -0.05) is 137 Å². The van der Waals surface area contributed by atoms with Gasteiger partial charge in [-0.15, -0.1) is 0 Å². The number of hydrogen-bond acceptors (Lipinski definition) is 15. The highest BCUT2D eigenvalue weighted by Gasteiger charge is 2.46. The number of nitrogens with zero attached hydrogens (tertiary/aromatic N) is 7. The van der Waals surface area contributed by atoms with Gasteiger partial charge in [-0.3, -0.25) is 57.5 Å². The predicted molar refractivity (Wildman–Crippen MR) is 383 cm³/mol. The fraction of sp³-hybridized carbons (Fsp3) is 0.800. The Bertz CT molecular complexity index is 2640. The molecule has 2 saturated heterocycles. The largest absolute Gasteiger partial charge is 0.481 e. The van der Waals surface area contributed by atoms with E-state index in [1.165, 1.54) is 106 Å². The zero-order valence-electron chi connectivity index (χ0n) is 63.1. The van der Waals surface area contributed by atoms with Crippen molar-refractivity contribution >= 4 is 92.5 Å². The van der Waals surface area contributed by atoms with Crippen LogP contribution in [0.15, 0.2) is 12.2 Å². The monoisotopic (exact) mass is 1410 g/mol. The molecule has 0 radical (unpaired) electrons. The van der Waals surface area contributed by atoms with Crippen LogP contribution in [0.5, 0.6) is 0 Å². The molecule has 0 unspecified atom stereocenters. The van der Waals surface area contributed by atoms with E-state index in [0.717, 1.165) is 27.9 Å². The molecular formula is C70H125N11O14S2. The summed E-state index contributed by atoms with van der Waals surface area (Å²) in [4.78, 5) is 179. The van der Waals surface area contributed by atoms with Crippen molar-refractivity contribution in [3.8, 4) is 0 Å². The number of rotatable bonds is 20. The maximum atomic E-state index is 15.1. The first kappa shape index (κ1) is 89.1. The molecule has 2 fully saturated rings. The molecular weight excluding hydrogens is 1280 g/mol. The molecule has 2 heterocycles. The lowest BCUT2D eigenvalue weighted by Gasteiger charge is -2.41. The molecule has 0 aromatic heterocycles. The van der Waals surface area contributed by atoms with Crippen molar-refractivity contribution in [3.05, 3.63) is 12.2 Å². The van der Waals surface area contributed by atoms with Gasteiger partial charge in [0, 0.05) is 66.8 Å². The molecule has 2 aliphatic heterocycles. The summed E-state index contributed by atoms with van der Waals surface area (Å²) in [5, 5.41) is 32.3. The van der Waals surface area contributed by atoms with Crippen molar-refractivity contribution in [1.82, 2.24) is 55.6 Å². The fourth-order valence-corrected chi connectivity index (χ4v) is 14.9. The van der Waals surface area contributed by atoms with Gasteiger partial charge in [-0.05, 0) is 120 Å². The summed E-state index contributed by atoms with van der Waals surface area (Å²) in [6, 6.07) is -12.3. The van der Waals surface area contributed by atoms with Gasteiger partial charge in [0.2, 0.25) is 65.0 Å². The molecule has 13 atom stereocenters. The Morgan fingerprint density at radius 3 is 1.46 bits per heavy atom. The number of amides is 11. The van der Waals surface area contributed by atoms with Crippen LogP contribution in [-0.2, 0) is 57.5 Å². The number of carbonyl (C=O) groups is 12. The SMILES string of the molecule is C/C=C/C[C@@H](C)[C@@H](O)[C@H]1C(=O)N[C@@H](CC)C(=O)N(C)CC(=O)N(C)[C@@H](CC(C)C)C(=O)N[C@@H](C(C)C)C(=O)N(C)[C@@H](CC(C)C)C(=O)N[C@@H](C)C(=O)N[C@H](C)C(=O)N(C)[C@@H](CC(C)C)C(=O)N(C)[C@@H](CC(C)C)C(=O)N(C)[C@@H](C(C)C)C(=O)N1C.O=C(O)CCCC[C@@H]1CCSS1. The molecule has 2 rings (SSSR count). The summed E-state index contributed by atoms with van der Waals surface area (Å²) in [5.74, 6) is -9.10. The van der Waals surface area contributed by atoms with Crippen molar-refractivity contribution in [2.75, 3.05) is 61.6 Å². The summed E-state index contributed by atoms with van der Waals surface area (Å²) in [6.45, 7) is 29.3. The number of hydrogen-bond donors (Lipinski definition) is 6. The summed E-state index contributed by atoms with van der Waals surface area (Å²) < 4.78 is 0. The Morgan fingerprint density at radius 1 is 0.536 bits per heavy atom. The number of carbonyl (C=O) groups excluding carboxylic acids is 11. The van der Waals surface area contributed by atoms with Gasteiger partial charge in [-0.25, -0.2) is 0 Å². The number of aliphatic carboxylic acids is 1. The smallest absolute Gasteiger partial charge is 0.303 e. The summed E-state index contributed by atoms with van der Waals surface area (Å²) >= 11 is 0. The summed E-state index contributed by atoms with van der Waals surface area (Å²) in [6.07, 6.45) is 7.81. The van der Waals surface area contributed by atoms with E-state index in [1.807, 2.05) is 83.1 Å². The van der Waals surface area contributed by atoms with Gasteiger partial charge in [-0.2, -0.15) is 0 Å². The minimum atomic E-state index is -1.61. The number of nitrogens with one attached hydrogen (secondary N) is 4. The maximum Gasteiger partial charge on any atom is 0.303 e. The normalized spacial score (nSPS) is 26.4. The van der Waals surface area contributed by atoms with Crippen LogP contribution in [0.4, 0.5) is 0 Å². The van der Waals surface area contributed by atoms with Crippen molar-refractivity contribution in [1.29, 1.82) is 0 Å². The Balaban J connectivity index is 0.00000350. The molecule has 0 saturated carbocycles. The Hall–Kier alpha value is -5.96. The number of allylic oxidation sites excluding steroid dienone is 2. The van der Waals surface area contributed by atoms with Crippen LogP contribution < -0.4 is 21.3 Å². The number of carboxylic acid groups (broad SMARTS) is 1. The molecule has 6 N–H and O–H groups in total. The van der Waals surface area contributed by atoms with E-state index >= 15 is 9.59 Å². The third-order valence-electron chi connectivity index (χ3n) is 18.0. The highest BCUT2D eigenvalue weighted by atomic mass is 33.1. The second kappa shape index (κ2) is 42.9. The average Bonchev–Trinajstić information content (AvgIpc) is 0.923. The van der Waals surface area contributed by atoms with E-state index in [-0.39, 0.29) is 55.8 Å². The number of unbranched alkanes of at least 4 members (excludes halogenated alkanes) is 1. The second-order valence-electron chi connectivity index (χ2n) is 29.1. The van der Waals surface area contributed by atoms with Crippen molar-refractivity contribution in [3.63, 3.8) is 0 Å². The lowest BCUT2D eigenvalue weighted by Crippen LogP contribution is -2.63. The van der Waals surface area contributed by atoms with Gasteiger partial charge in [0.05, 0.1) is 12.6 Å². The molecule has 0 bridgehead atoms. The highest BCUT2D eigenvalue weighted by molar-refractivity contribution is 8.77. The maximum absolute atomic E-state index is 15.1. The van der Waals surface area contributed by atoms with Crippen LogP contribution in [0.25, 0.3) is 0 Å². The average molecular weight is 1410 g/mol. The van der Waals surface area contributed by atoms with Crippen molar-refractivity contribution in [2.24, 2.45) is 41.4 Å². The van der Waals surface area contributed by atoms with Gasteiger partial charge >= 0.3 is 5.97 Å². The Morgan fingerprint density at radius 2 is 1.00 bits per heavy atom. The molecule has 0 aromatic carbocycles. The molecule has 2 aliphatic rings. The molecule has 0 spiro atoms. The minimum absolute atomic E-state index is 0.0229. The fourth-order valence-electron chi connectivity index (χ4n) is 11.9. The Labute approximate surface area is 588 Å². The quantitative estimate of drug-likeness (QED) is 0.0459. The summed E-state index contributed by atoms with van der Waals surface area (Å²) in [5.41, 5.74) is 0. The van der Waals surface area contributed by atoms with Crippen molar-refractivity contribution in [2.45, 2.75) is 260 Å². The predicted octanol–water partition coefficient (Wildman–Crippen LogP) is 6.05. The highest BCUT2D eigenvalue weighted by Crippen LogP contribution is 2.40. The van der Waals surface area contributed by atoms with Crippen LogP contribution in [0.3, 0.4) is 0 Å². The molecule has 11 amide bonds. The second-order valence-corrected chi connectivity index (χ2v) is 31.8. The van der Waals surface area contributed by atoms with Crippen LogP contribution in [0.2, 0.25) is 0 Å². The molecule has 97 heavy (non-hydrogen) atoms. The molecule has 27 heteroatoms. The molecule has 0 aliphatic carbocycles. The Kier molecular flexibility index (Phi) is 39.4. The number of carboxylic acids is 1. The summed E-state index contributed by atoms with van der Waals surface area (Å²) in [7, 11) is 13.8. The third-order valence-corrected chi connectivity index (χ3v) is 21.0. The van der Waals surface area contributed by atoms with E-state index < -0.39 is 162 Å². The first-order valence-corrected chi connectivity index (χ1v) is 37.2. The third kappa shape index (κ3) is 27.9. The zero-order valence-corrected chi connectivity index (χ0v) is 64.7. The van der Waals surface area contributed by atoms with E-state index in [4.69, 9.17) is 5.11 Å². The van der Waals surface area contributed by atoms with Crippen LogP contribution in [0, 0.1) is 41.4 Å². The van der Waals surface area contributed by atoms with Crippen LogP contribution in [0.1, 0.15) is 188 Å². The van der Waals surface area contributed by atoms with Gasteiger partial charge in [0.25, 0.3) is 0 Å². The lowest BCUT2D eigenvalue weighted by atomic mass is 9.91. The number of aliphatic hydroxyl groups excluding tert-OH is 1. The number of aliphatic hydroxyl groups is 1. The van der Waals surface area contributed by atoms with Crippen LogP contribution in [-0.4, -0.2) is 249 Å². The van der Waals surface area contributed by atoms with Gasteiger partial charge < -0.3 is 65.8 Å². The number of likely N-dealkylation sites (N-methyl/N-ethyl adjacent to an activating group) is 7. The molecule has 0 aromatic rings. The standard InChI is InChI=1S/C62H111N11O12.C8H14O2S2/c1-25-27-28-40(15)52(75)51-56(79)65-43(26-2)58(81)67(18)33-48(74)68(19)44(29-34(3)4)55(78)66-49(38(11)12)61(84)69(20)45(30-35(5)6)54(77)63-41(16)53(76)64-42(17)57(80)70(21)46(31-36(7)8)59(82)71(22)47(32-37(9)10)60(83)72(23)50(39(13)14)62(85)73(51)24;9-8(10)4-2-1-3-7-5-6-11-12-7/h25,27,34-47,49-52,75H,26,28-33H2,1-24H3,(H,63,77)(H,64,76)(H,65,79)(H,66,78);7H,1-6H2,(H,9,10)/b27-25+;/t40-,41+,42-,43+,44+,45+,46+,47+,49+,50+,51+,52-;7-/m11/s1.